The maximum atomic E-state index is 11.0. The van der Waals surface area contributed by atoms with Gasteiger partial charge in [-0.15, -0.1) is 0 Å². The van der Waals surface area contributed by atoms with Gasteiger partial charge in [-0.3, -0.25) is 4.79 Å². The number of carbonyl (C=O) groups is 1. The van der Waals surface area contributed by atoms with Gasteiger partial charge in [-0.1, -0.05) is 28.9 Å². The molecule has 0 aliphatic heterocycles. The summed E-state index contributed by atoms with van der Waals surface area (Å²) >= 11 is 5.97. The molecular formula is C14H18ClNO4. The van der Waals surface area contributed by atoms with Crippen LogP contribution in [-0.2, 0) is 14.4 Å². The van der Waals surface area contributed by atoms with Crippen LogP contribution in [0.2, 0.25) is 5.02 Å². The zero-order chi connectivity index (χ0) is 15.0. The van der Waals surface area contributed by atoms with Crippen molar-refractivity contribution in [3.63, 3.8) is 0 Å². The lowest BCUT2D eigenvalue weighted by atomic mass is 10.3. The predicted molar refractivity (Wildman–Crippen MR) is 77.2 cm³/mol. The molecule has 20 heavy (non-hydrogen) atoms. The molecular weight excluding hydrogens is 282 g/mol. The molecule has 0 unspecified atom stereocenters. The highest BCUT2D eigenvalue weighted by Crippen LogP contribution is 2.23. The van der Waals surface area contributed by atoms with Gasteiger partial charge in [0.15, 0.2) is 12.7 Å². The van der Waals surface area contributed by atoms with Crippen molar-refractivity contribution in [3.05, 3.63) is 29.3 Å². The minimum Gasteiger partial charge on any atom is -0.488 e. The fraction of sp³-hybridized carbons (Fsp3) is 0.429. The zero-order valence-corrected chi connectivity index (χ0v) is 12.5. The summed E-state index contributed by atoms with van der Waals surface area (Å²) in [6, 6.07) is 7.07. The Hall–Kier alpha value is -1.75. The zero-order valence-electron chi connectivity index (χ0n) is 11.8. The van der Waals surface area contributed by atoms with E-state index in [2.05, 4.69) is 5.16 Å². The first-order valence-corrected chi connectivity index (χ1v) is 6.54. The van der Waals surface area contributed by atoms with Crippen molar-refractivity contribution in [3.8, 4) is 5.75 Å². The monoisotopic (exact) mass is 299 g/mol. The van der Waals surface area contributed by atoms with Gasteiger partial charge in [0.1, 0.15) is 12.4 Å². The van der Waals surface area contributed by atoms with E-state index in [0.717, 1.165) is 5.71 Å². The number of esters is 1. The molecule has 6 heteroatoms. The van der Waals surface area contributed by atoms with E-state index in [-0.39, 0.29) is 13.2 Å². The molecule has 0 saturated carbocycles. The highest BCUT2D eigenvalue weighted by atomic mass is 35.5. The van der Waals surface area contributed by atoms with Gasteiger partial charge in [0, 0.05) is 6.92 Å². The van der Waals surface area contributed by atoms with Gasteiger partial charge in [-0.2, -0.15) is 0 Å². The Balaban J connectivity index is 2.54. The predicted octanol–water partition coefficient (Wildman–Crippen LogP) is 3.06. The highest BCUT2D eigenvalue weighted by molar-refractivity contribution is 6.32. The molecule has 0 fully saturated rings. The van der Waals surface area contributed by atoms with Crippen molar-refractivity contribution >= 4 is 23.3 Å². The summed E-state index contributed by atoms with van der Waals surface area (Å²) < 4.78 is 10.6. The third-order valence-electron chi connectivity index (χ3n) is 2.10. The molecule has 0 aromatic heterocycles. The minimum absolute atomic E-state index is 0.120. The summed E-state index contributed by atoms with van der Waals surface area (Å²) in [6.45, 7) is 5.20. The Morgan fingerprint density at radius 3 is 2.55 bits per heavy atom. The van der Waals surface area contributed by atoms with Crippen molar-refractivity contribution in [2.45, 2.75) is 26.9 Å². The highest BCUT2D eigenvalue weighted by Gasteiger charge is 2.15. The largest absolute Gasteiger partial charge is 0.488 e. The maximum absolute atomic E-state index is 11.0. The van der Waals surface area contributed by atoms with Crippen LogP contribution < -0.4 is 4.74 Å². The number of nitrogens with zero attached hydrogens (tertiary/aromatic N) is 1. The molecule has 0 aliphatic carbocycles. The van der Waals surface area contributed by atoms with Crippen LogP contribution in [-0.4, -0.2) is 31.0 Å². The molecule has 1 aromatic carbocycles. The number of rotatable bonds is 7. The number of hydrogen-bond acceptors (Lipinski definition) is 5. The number of benzene rings is 1. The molecule has 0 spiro atoms. The molecule has 0 bridgehead atoms. The molecule has 1 atom stereocenters. The van der Waals surface area contributed by atoms with E-state index in [1.54, 1.807) is 32.0 Å². The Morgan fingerprint density at radius 2 is 1.95 bits per heavy atom. The lowest BCUT2D eigenvalue weighted by Gasteiger charge is -2.17. The SMILES string of the molecule is CC(=O)O[C@@H](CON=C(C)C)COc1ccccc1Cl. The number of carbonyl (C=O) groups excluding carboxylic acids is 1. The van der Waals surface area contributed by atoms with Crippen molar-refractivity contribution in [2.75, 3.05) is 13.2 Å². The van der Waals surface area contributed by atoms with Crippen molar-refractivity contribution < 1.29 is 19.1 Å². The van der Waals surface area contributed by atoms with Crippen molar-refractivity contribution in [1.82, 2.24) is 0 Å². The lowest BCUT2D eigenvalue weighted by Crippen LogP contribution is -2.28. The first kappa shape index (κ1) is 16.3. The first-order chi connectivity index (χ1) is 9.49. The second-order valence-electron chi connectivity index (χ2n) is 4.31. The van der Waals surface area contributed by atoms with Crippen LogP contribution in [0.3, 0.4) is 0 Å². The third-order valence-corrected chi connectivity index (χ3v) is 2.41. The van der Waals surface area contributed by atoms with Gasteiger partial charge in [0.05, 0.1) is 10.7 Å². The normalized spacial score (nSPS) is 11.4. The van der Waals surface area contributed by atoms with E-state index in [4.69, 9.17) is 25.9 Å². The number of halogens is 1. The third kappa shape index (κ3) is 6.43. The average molecular weight is 300 g/mol. The summed E-state index contributed by atoms with van der Waals surface area (Å²) in [5.74, 6) is 0.125. The smallest absolute Gasteiger partial charge is 0.303 e. The average Bonchev–Trinajstić information content (AvgIpc) is 2.36. The molecule has 0 amide bonds. The standard InChI is InChI=1S/C14H18ClNO4/c1-10(2)16-19-9-12(20-11(3)17)8-18-14-7-5-4-6-13(14)15/h4-7,12H,8-9H2,1-3H3/t12-/m1/s1. The number of ether oxygens (including phenoxy) is 2. The first-order valence-electron chi connectivity index (χ1n) is 6.16. The number of oxime groups is 1. The van der Waals surface area contributed by atoms with Gasteiger partial charge in [-0.25, -0.2) is 0 Å². The second-order valence-corrected chi connectivity index (χ2v) is 4.71. The van der Waals surface area contributed by atoms with E-state index < -0.39 is 12.1 Å². The quantitative estimate of drug-likeness (QED) is 0.441. The fourth-order valence-electron chi connectivity index (χ4n) is 1.34. The summed E-state index contributed by atoms with van der Waals surface area (Å²) in [4.78, 5) is 16.1. The van der Waals surface area contributed by atoms with Crippen LogP contribution in [0.25, 0.3) is 0 Å². The Labute approximate surface area is 123 Å². The van der Waals surface area contributed by atoms with Crippen molar-refractivity contribution in [1.29, 1.82) is 0 Å². The van der Waals surface area contributed by atoms with Crippen LogP contribution in [0.15, 0.2) is 29.4 Å². The molecule has 0 heterocycles. The molecule has 1 rings (SSSR count). The van der Waals surface area contributed by atoms with E-state index in [1.165, 1.54) is 6.92 Å². The number of hydrogen-bond donors (Lipinski definition) is 0. The molecule has 0 radical (unpaired) electrons. The van der Waals surface area contributed by atoms with Crippen LogP contribution in [0.4, 0.5) is 0 Å². The van der Waals surface area contributed by atoms with Gasteiger partial charge < -0.3 is 14.3 Å². The summed E-state index contributed by atoms with van der Waals surface area (Å²) in [7, 11) is 0. The number of para-hydroxylation sites is 1. The van der Waals surface area contributed by atoms with E-state index >= 15 is 0 Å². The van der Waals surface area contributed by atoms with Crippen molar-refractivity contribution in [2.24, 2.45) is 5.16 Å². The van der Waals surface area contributed by atoms with Gasteiger partial charge in [0.2, 0.25) is 0 Å². The van der Waals surface area contributed by atoms with Crippen LogP contribution in [0.1, 0.15) is 20.8 Å². The van der Waals surface area contributed by atoms with Gasteiger partial charge >= 0.3 is 5.97 Å². The van der Waals surface area contributed by atoms with Crippen LogP contribution in [0.5, 0.6) is 5.75 Å². The Kier molecular flexibility index (Phi) is 6.87. The molecule has 110 valence electrons. The second kappa shape index (κ2) is 8.43. The van der Waals surface area contributed by atoms with Crippen LogP contribution >= 0.6 is 11.6 Å². The van der Waals surface area contributed by atoms with E-state index in [9.17, 15) is 4.79 Å². The van der Waals surface area contributed by atoms with E-state index in [1.807, 2.05) is 6.07 Å². The Bertz CT molecular complexity index is 472. The molecule has 0 aliphatic rings. The molecule has 0 saturated heterocycles. The van der Waals surface area contributed by atoms with E-state index in [0.29, 0.717) is 10.8 Å². The maximum Gasteiger partial charge on any atom is 0.303 e. The summed E-state index contributed by atoms with van der Waals surface area (Å²) in [6.07, 6.45) is -0.549. The van der Waals surface area contributed by atoms with Crippen LogP contribution in [0, 0.1) is 0 Å². The molecule has 1 aromatic rings. The summed E-state index contributed by atoms with van der Waals surface area (Å²) in [5, 5.41) is 4.29. The lowest BCUT2D eigenvalue weighted by molar-refractivity contribution is -0.151. The molecule has 5 nitrogen and oxygen atoms in total. The minimum atomic E-state index is -0.549. The summed E-state index contributed by atoms with van der Waals surface area (Å²) in [5.41, 5.74) is 0.776. The van der Waals surface area contributed by atoms with Gasteiger partial charge in [0.25, 0.3) is 0 Å². The Morgan fingerprint density at radius 1 is 1.25 bits per heavy atom. The fourth-order valence-corrected chi connectivity index (χ4v) is 1.54. The molecule has 0 N–H and O–H groups in total. The topological polar surface area (TPSA) is 57.1 Å². The van der Waals surface area contributed by atoms with Gasteiger partial charge in [-0.05, 0) is 26.0 Å².